The molecule has 1 rings (SSSR count). The Morgan fingerprint density at radius 1 is 1.50 bits per heavy atom. The topological polar surface area (TPSA) is 55.5 Å². The van der Waals surface area contributed by atoms with Gasteiger partial charge in [0.25, 0.3) is 0 Å². The molecule has 0 aliphatic heterocycles. The van der Waals surface area contributed by atoms with E-state index in [1.165, 1.54) is 6.07 Å². The molecule has 0 saturated carbocycles. The van der Waals surface area contributed by atoms with Crippen LogP contribution in [-0.4, -0.2) is 11.7 Å². The highest BCUT2D eigenvalue weighted by molar-refractivity contribution is 5.37. The molecule has 0 saturated heterocycles. The SMILES string of the molecule is CCc1cc(F)c(O)c(CCON)c1. The Labute approximate surface area is 82.3 Å². The molecule has 0 radical (unpaired) electrons. The van der Waals surface area contributed by atoms with E-state index in [1.807, 2.05) is 6.92 Å². The van der Waals surface area contributed by atoms with Gasteiger partial charge in [0, 0.05) is 6.42 Å². The molecule has 4 heteroatoms. The van der Waals surface area contributed by atoms with Crippen molar-refractivity contribution >= 4 is 0 Å². The summed E-state index contributed by atoms with van der Waals surface area (Å²) in [6.45, 7) is 2.19. The standard InChI is InChI=1S/C10H14FNO2/c1-2-7-5-8(3-4-14-12)10(13)9(11)6-7/h5-6,13H,2-4,12H2,1H3. The number of aryl methyl sites for hydroxylation is 1. The summed E-state index contributed by atoms with van der Waals surface area (Å²) in [4.78, 5) is 4.38. The Balaban J connectivity index is 2.95. The Morgan fingerprint density at radius 3 is 2.79 bits per heavy atom. The minimum atomic E-state index is -0.587. The summed E-state index contributed by atoms with van der Waals surface area (Å²) in [5.41, 5.74) is 1.39. The molecular formula is C10H14FNO2. The van der Waals surface area contributed by atoms with Gasteiger partial charge in [-0.25, -0.2) is 10.3 Å². The molecule has 3 N–H and O–H groups in total. The maximum Gasteiger partial charge on any atom is 0.165 e. The summed E-state index contributed by atoms with van der Waals surface area (Å²) in [5.74, 6) is 3.97. The van der Waals surface area contributed by atoms with Gasteiger partial charge in [-0.05, 0) is 23.6 Å². The van der Waals surface area contributed by atoms with Gasteiger partial charge in [0.05, 0.1) is 6.61 Å². The quantitative estimate of drug-likeness (QED) is 0.723. The van der Waals surface area contributed by atoms with Gasteiger partial charge in [0.1, 0.15) is 0 Å². The zero-order chi connectivity index (χ0) is 10.6. The second-order valence-electron chi connectivity index (χ2n) is 3.06. The number of benzene rings is 1. The van der Waals surface area contributed by atoms with Gasteiger partial charge in [-0.1, -0.05) is 13.0 Å². The normalized spacial score (nSPS) is 10.5. The average molecular weight is 199 g/mol. The highest BCUT2D eigenvalue weighted by Gasteiger charge is 2.08. The lowest BCUT2D eigenvalue weighted by Gasteiger charge is -2.07. The Morgan fingerprint density at radius 2 is 2.21 bits per heavy atom. The van der Waals surface area contributed by atoms with Gasteiger partial charge in [-0.3, -0.25) is 0 Å². The first-order chi connectivity index (χ1) is 6.69. The molecule has 0 amide bonds. The van der Waals surface area contributed by atoms with Crippen molar-refractivity contribution in [3.8, 4) is 5.75 Å². The Bertz CT molecular complexity index is 315. The number of halogens is 1. The van der Waals surface area contributed by atoms with Crippen LogP contribution in [-0.2, 0) is 17.7 Å². The largest absolute Gasteiger partial charge is 0.505 e. The highest BCUT2D eigenvalue weighted by atomic mass is 19.1. The van der Waals surface area contributed by atoms with E-state index >= 15 is 0 Å². The third-order valence-corrected chi connectivity index (χ3v) is 2.10. The predicted molar refractivity (Wildman–Crippen MR) is 51.3 cm³/mol. The lowest BCUT2D eigenvalue weighted by molar-refractivity contribution is 0.140. The van der Waals surface area contributed by atoms with Crippen LogP contribution in [0.1, 0.15) is 18.1 Å². The summed E-state index contributed by atoms with van der Waals surface area (Å²) < 4.78 is 13.1. The van der Waals surface area contributed by atoms with E-state index in [2.05, 4.69) is 4.84 Å². The molecule has 0 atom stereocenters. The molecule has 0 fully saturated rings. The van der Waals surface area contributed by atoms with E-state index in [9.17, 15) is 9.50 Å². The second kappa shape index (κ2) is 4.93. The molecule has 78 valence electrons. The van der Waals surface area contributed by atoms with Crippen LogP contribution >= 0.6 is 0 Å². The van der Waals surface area contributed by atoms with Gasteiger partial charge in [0.2, 0.25) is 0 Å². The van der Waals surface area contributed by atoms with Crippen LogP contribution in [0.5, 0.6) is 5.75 Å². The number of aromatic hydroxyl groups is 1. The van der Waals surface area contributed by atoms with Crippen molar-refractivity contribution in [3.63, 3.8) is 0 Å². The van der Waals surface area contributed by atoms with Crippen LogP contribution in [0.15, 0.2) is 12.1 Å². The highest BCUT2D eigenvalue weighted by Crippen LogP contribution is 2.23. The minimum absolute atomic E-state index is 0.264. The van der Waals surface area contributed by atoms with E-state index in [0.29, 0.717) is 12.0 Å². The Hall–Kier alpha value is -1.13. The van der Waals surface area contributed by atoms with E-state index in [0.717, 1.165) is 12.0 Å². The molecule has 0 aliphatic rings. The van der Waals surface area contributed by atoms with Crippen molar-refractivity contribution in [2.45, 2.75) is 19.8 Å². The van der Waals surface area contributed by atoms with Crippen LogP contribution in [0.25, 0.3) is 0 Å². The summed E-state index contributed by atoms with van der Waals surface area (Å²) in [7, 11) is 0. The summed E-state index contributed by atoms with van der Waals surface area (Å²) in [5, 5.41) is 9.37. The van der Waals surface area contributed by atoms with E-state index in [-0.39, 0.29) is 12.4 Å². The second-order valence-corrected chi connectivity index (χ2v) is 3.06. The molecule has 14 heavy (non-hydrogen) atoms. The van der Waals surface area contributed by atoms with Gasteiger partial charge in [-0.2, -0.15) is 0 Å². The summed E-state index contributed by atoms with van der Waals surface area (Å²) >= 11 is 0. The van der Waals surface area contributed by atoms with Crippen LogP contribution in [0, 0.1) is 5.82 Å². The zero-order valence-corrected chi connectivity index (χ0v) is 8.09. The summed E-state index contributed by atoms with van der Waals surface area (Å²) in [6, 6.07) is 3.10. The zero-order valence-electron chi connectivity index (χ0n) is 8.09. The van der Waals surface area contributed by atoms with Gasteiger partial charge in [-0.15, -0.1) is 0 Å². The fourth-order valence-corrected chi connectivity index (χ4v) is 1.28. The fourth-order valence-electron chi connectivity index (χ4n) is 1.28. The van der Waals surface area contributed by atoms with E-state index in [4.69, 9.17) is 5.90 Å². The smallest absolute Gasteiger partial charge is 0.165 e. The van der Waals surface area contributed by atoms with E-state index in [1.54, 1.807) is 6.07 Å². The molecule has 0 aromatic heterocycles. The summed E-state index contributed by atoms with van der Waals surface area (Å²) in [6.07, 6.45) is 1.14. The first-order valence-corrected chi connectivity index (χ1v) is 4.51. The molecule has 1 aromatic rings. The molecule has 3 nitrogen and oxygen atoms in total. The Kier molecular flexibility index (Phi) is 3.85. The lowest BCUT2D eigenvalue weighted by atomic mass is 10.1. The van der Waals surface area contributed by atoms with Crippen LogP contribution < -0.4 is 5.90 Å². The van der Waals surface area contributed by atoms with Crippen LogP contribution in [0.4, 0.5) is 4.39 Å². The monoisotopic (exact) mass is 199 g/mol. The first-order valence-electron chi connectivity index (χ1n) is 4.51. The number of phenols is 1. The van der Waals surface area contributed by atoms with Crippen LogP contribution in [0.2, 0.25) is 0 Å². The lowest BCUT2D eigenvalue weighted by Crippen LogP contribution is -2.04. The van der Waals surface area contributed by atoms with Crippen LogP contribution in [0.3, 0.4) is 0 Å². The molecule has 0 aliphatic carbocycles. The van der Waals surface area contributed by atoms with Crippen molar-refractivity contribution in [1.29, 1.82) is 0 Å². The van der Waals surface area contributed by atoms with Crippen molar-refractivity contribution < 1.29 is 14.3 Å². The van der Waals surface area contributed by atoms with E-state index < -0.39 is 5.82 Å². The molecule has 0 bridgehead atoms. The number of phenolic OH excluding ortho intramolecular Hbond substituents is 1. The number of nitrogens with two attached hydrogens (primary N) is 1. The molecule has 0 spiro atoms. The molecule has 1 aromatic carbocycles. The third-order valence-electron chi connectivity index (χ3n) is 2.10. The first kappa shape index (κ1) is 10.9. The molecule has 0 unspecified atom stereocenters. The molecule has 0 heterocycles. The number of hydrogen-bond donors (Lipinski definition) is 2. The predicted octanol–water partition coefficient (Wildman–Crippen LogP) is 1.53. The maximum atomic E-state index is 13.1. The van der Waals surface area contributed by atoms with Crippen molar-refractivity contribution in [1.82, 2.24) is 0 Å². The maximum absolute atomic E-state index is 13.1. The van der Waals surface area contributed by atoms with Gasteiger partial charge in [0.15, 0.2) is 11.6 Å². The number of hydrogen-bond acceptors (Lipinski definition) is 3. The van der Waals surface area contributed by atoms with Gasteiger partial charge >= 0.3 is 0 Å². The minimum Gasteiger partial charge on any atom is -0.505 e. The molecular weight excluding hydrogens is 185 g/mol. The fraction of sp³-hybridized carbons (Fsp3) is 0.400. The van der Waals surface area contributed by atoms with Crippen molar-refractivity contribution in [2.24, 2.45) is 5.90 Å². The van der Waals surface area contributed by atoms with Crippen molar-refractivity contribution in [2.75, 3.05) is 6.61 Å². The third kappa shape index (κ3) is 2.43. The number of rotatable bonds is 4. The average Bonchev–Trinajstić information content (AvgIpc) is 2.20. The van der Waals surface area contributed by atoms with Crippen molar-refractivity contribution in [3.05, 3.63) is 29.1 Å². The van der Waals surface area contributed by atoms with Gasteiger partial charge < -0.3 is 9.94 Å².